The highest BCUT2D eigenvalue weighted by Gasteiger charge is 2.40. The number of hydrogen-bond donors (Lipinski definition) is 0. The summed E-state index contributed by atoms with van der Waals surface area (Å²) in [7, 11) is -2.72. The van der Waals surface area contributed by atoms with Crippen LogP contribution in [0.25, 0.3) is 0 Å². The molecule has 0 unspecified atom stereocenters. The Bertz CT molecular complexity index is 374. The van der Waals surface area contributed by atoms with Crippen LogP contribution in [0.1, 0.15) is 85.0 Å². The molecule has 0 fully saturated rings. The second kappa shape index (κ2) is 21.5. The van der Waals surface area contributed by atoms with Crippen molar-refractivity contribution in [2.45, 2.75) is 91.0 Å². The molecule has 0 atom stereocenters. The van der Waals surface area contributed by atoms with Crippen molar-refractivity contribution in [3.63, 3.8) is 0 Å². The minimum atomic E-state index is -2.72. The summed E-state index contributed by atoms with van der Waals surface area (Å²) in [6.45, 7) is 13.2. The Morgan fingerprint density at radius 3 is 1.63 bits per heavy atom. The maximum atomic E-state index is 11.0. The summed E-state index contributed by atoms with van der Waals surface area (Å²) in [4.78, 5) is 11.0. The zero-order valence-corrected chi connectivity index (χ0v) is 20.8. The minimum Gasteiger partial charge on any atom is -0.460 e. The van der Waals surface area contributed by atoms with Crippen LogP contribution in [0.15, 0.2) is 12.7 Å². The molecule has 0 aromatic rings. The molecular formula is C23H46O6Si. The number of rotatable bonds is 23. The first kappa shape index (κ1) is 29.3. The molecule has 0 aromatic carbocycles. The molecule has 0 N–H and O–H groups in total. The highest BCUT2D eigenvalue weighted by atomic mass is 28.4. The number of carbonyl (C=O) groups is 1. The molecule has 0 rings (SSSR count). The minimum absolute atomic E-state index is 0.238. The maximum absolute atomic E-state index is 11.0. The fraction of sp³-hybridized carbons (Fsp3) is 0.870. The lowest BCUT2D eigenvalue weighted by molar-refractivity contribution is -0.139. The van der Waals surface area contributed by atoms with Crippen LogP contribution < -0.4 is 0 Å². The summed E-state index contributed by atoms with van der Waals surface area (Å²) in [6.07, 6.45) is 12.0. The Labute approximate surface area is 186 Å². The molecule has 0 aliphatic heterocycles. The Hall–Kier alpha value is -0.733. The predicted molar refractivity (Wildman–Crippen MR) is 124 cm³/mol. The van der Waals surface area contributed by atoms with Crippen molar-refractivity contribution >= 4 is 14.8 Å². The van der Waals surface area contributed by atoms with Crippen molar-refractivity contribution in [1.82, 2.24) is 0 Å². The van der Waals surface area contributed by atoms with Gasteiger partial charge in [-0.2, -0.15) is 0 Å². The smallest absolute Gasteiger partial charge is 0.460 e. The molecule has 0 aliphatic carbocycles. The predicted octanol–water partition coefficient (Wildman–Crippen LogP) is 5.68. The van der Waals surface area contributed by atoms with Gasteiger partial charge < -0.3 is 22.8 Å². The van der Waals surface area contributed by atoms with E-state index in [1.165, 1.54) is 0 Å². The first-order valence-electron chi connectivity index (χ1n) is 11.9. The van der Waals surface area contributed by atoms with Crippen LogP contribution in [-0.4, -0.2) is 54.4 Å². The zero-order valence-electron chi connectivity index (χ0n) is 19.8. The van der Waals surface area contributed by atoms with Crippen LogP contribution in [0.4, 0.5) is 0 Å². The van der Waals surface area contributed by atoms with Crippen molar-refractivity contribution in [3.05, 3.63) is 12.7 Å². The van der Waals surface area contributed by atoms with Gasteiger partial charge in [0, 0.05) is 38.5 Å². The van der Waals surface area contributed by atoms with Gasteiger partial charge >= 0.3 is 14.8 Å². The molecule has 6 nitrogen and oxygen atoms in total. The van der Waals surface area contributed by atoms with Gasteiger partial charge in [-0.05, 0) is 25.7 Å². The molecule has 0 saturated carbocycles. The molecule has 7 heteroatoms. The van der Waals surface area contributed by atoms with E-state index in [1.807, 2.05) is 0 Å². The van der Waals surface area contributed by atoms with Gasteiger partial charge in [-0.3, -0.25) is 0 Å². The summed E-state index contributed by atoms with van der Waals surface area (Å²) in [6, 6.07) is 0.754. The van der Waals surface area contributed by atoms with E-state index < -0.39 is 14.8 Å². The average molecular weight is 447 g/mol. The third kappa shape index (κ3) is 17.0. The molecule has 0 saturated heterocycles. The van der Waals surface area contributed by atoms with Crippen molar-refractivity contribution in [3.8, 4) is 0 Å². The van der Waals surface area contributed by atoms with Crippen LogP contribution in [0, 0.1) is 0 Å². The molecule has 0 heterocycles. The van der Waals surface area contributed by atoms with Gasteiger partial charge in [0.1, 0.15) is 6.61 Å². The topological polar surface area (TPSA) is 63.2 Å². The molecule has 178 valence electrons. The Balaban J connectivity index is 4.60. The molecule has 30 heavy (non-hydrogen) atoms. The standard InChI is InChI=1S/C23H46O6Si/c1-5-9-12-17-27-30(28-18-13-10-6-2,29-19-14-11-7-3)22-15-16-25-20-21-26-23(24)8-4/h8H,4-7,9-22H2,1-3H3. The van der Waals surface area contributed by atoms with E-state index in [9.17, 15) is 4.79 Å². The van der Waals surface area contributed by atoms with E-state index in [-0.39, 0.29) is 6.61 Å². The van der Waals surface area contributed by atoms with E-state index in [0.29, 0.717) is 33.0 Å². The maximum Gasteiger partial charge on any atom is 0.501 e. The summed E-state index contributed by atoms with van der Waals surface area (Å²) < 4.78 is 29.5. The van der Waals surface area contributed by atoms with Gasteiger partial charge in [0.15, 0.2) is 0 Å². The summed E-state index contributed by atoms with van der Waals surface area (Å²) in [5, 5.41) is 0. The van der Waals surface area contributed by atoms with Crippen molar-refractivity contribution in [2.75, 3.05) is 39.6 Å². The molecule has 0 bridgehead atoms. The molecule has 0 amide bonds. The largest absolute Gasteiger partial charge is 0.501 e. The molecule has 0 spiro atoms. The molecule has 0 aliphatic rings. The summed E-state index contributed by atoms with van der Waals surface area (Å²) in [5.41, 5.74) is 0. The van der Waals surface area contributed by atoms with E-state index >= 15 is 0 Å². The highest BCUT2D eigenvalue weighted by molar-refractivity contribution is 6.60. The van der Waals surface area contributed by atoms with Crippen LogP contribution in [-0.2, 0) is 27.5 Å². The number of unbranched alkanes of at least 4 members (excludes halogenated alkanes) is 6. The lowest BCUT2D eigenvalue weighted by atomic mass is 10.3. The lowest BCUT2D eigenvalue weighted by Crippen LogP contribution is -2.47. The molecule has 0 aromatic heterocycles. The summed E-state index contributed by atoms with van der Waals surface area (Å²) in [5.74, 6) is -0.425. The van der Waals surface area contributed by atoms with Gasteiger partial charge in [-0.1, -0.05) is 65.9 Å². The molecule has 0 radical (unpaired) electrons. The number of ether oxygens (including phenoxy) is 2. The Kier molecular flexibility index (Phi) is 21.0. The van der Waals surface area contributed by atoms with E-state index in [0.717, 1.165) is 76.3 Å². The van der Waals surface area contributed by atoms with E-state index in [4.69, 9.17) is 22.8 Å². The number of hydrogen-bond acceptors (Lipinski definition) is 6. The Morgan fingerprint density at radius 2 is 1.20 bits per heavy atom. The first-order chi connectivity index (χ1) is 14.6. The second-order valence-corrected chi connectivity index (χ2v) is 10.2. The zero-order chi connectivity index (χ0) is 22.3. The van der Waals surface area contributed by atoms with Crippen LogP contribution in [0.5, 0.6) is 0 Å². The second-order valence-electron chi connectivity index (χ2n) is 7.44. The third-order valence-electron chi connectivity index (χ3n) is 4.62. The monoisotopic (exact) mass is 446 g/mol. The van der Waals surface area contributed by atoms with Crippen molar-refractivity contribution in [1.29, 1.82) is 0 Å². The van der Waals surface area contributed by atoms with Gasteiger partial charge in [0.25, 0.3) is 0 Å². The Morgan fingerprint density at radius 1 is 0.700 bits per heavy atom. The van der Waals surface area contributed by atoms with Crippen LogP contribution >= 0.6 is 0 Å². The van der Waals surface area contributed by atoms with Gasteiger partial charge in [0.2, 0.25) is 0 Å². The van der Waals surface area contributed by atoms with E-state index in [2.05, 4.69) is 27.4 Å². The van der Waals surface area contributed by atoms with Crippen molar-refractivity contribution < 1.29 is 27.5 Å². The normalized spacial score (nSPS) is 11.6. The highest BCUT2D eigenvalue weighted by Crippen LogP contribution is 2.21. The van der Waals surface area contributed by atoms with Gasteiger partial charge in [0.05, 0.1) is 6.61 Å². The van der Waals surface area contributed by atoms with Gasteiger partial charge in [-0.25, -0.2) is 4.79 Å². The number of esters is 1. The summed E-state index contributed by atoms with van der Waals surface area (Å²) >= 11 is 0. The quantitative estimate of drug-likeness (QED) is 0.0870. The SMILES string of the molecule is C=CC(=O)OCCOCCC[Si](OCCCCC)(OCCCCC)OCCCCC. The van der Waals surface area contributed by atoms with Crippen molar-refractivity contribution in [2.24, 2.45) is 0 Å². The molecular weight excluding hydrogens is 400 g/mol. The fourth-order valence-electron chi connectivity index (χ4n) is 2.83. The van der Waals surface area contributed by atoms with Crippen LogP contribution in [0.2, 0.25) is 6.04 Å². The number of carbonyl (C=O) groups excluding carboxylic acids is 1. The first-order valence-corrected chi connectivity index (χ1v) is 13.9. The van der Waals surface area contributed by atoms with Crippen LogP contribution in [0.3, 0.4) is 0 Å². The van der Waals surface area contributed by atoms with E-state index in [1.54, 1.807) is 0 Å². The third-order valence-corrected chi connectivity index (χ3v) is 7.52. The lowest BCUT2D eigenvalue weighted by Gasteiger charge is -2.30. The average Bonchev–Trinajstić information content (AvgIpc) is 2.76. The fourth-order valence-corrected chi connectivity index (χ4v) is 5.46. The van der Waals surface area contributed by atoms with Gasteiger partial charge in [-0.15, -0.1) is 0 Å².